The highest BCUT2D eigenvalue weighted by Gasteiger charge is 2.10. The normalized spacial score (nSPS) is 10.7. The fourth-order valence-corrected chi connectivity index (χ4v) is 2.86. The maximum absolute atomic E-state index is 12.4. The van der Waals surface area contributed by atoms with Gasteiger partial charge in [-0.25, -0.2) is 0 Å². The van der Waals surface area contributed by atoms with Gasteiger partial charge in [-0.1, -0.05) is 48.0 Å². The van der Waals surface area contributed by atoms with Crippen LogP contribution < -0.4 is 15.4 Å². The number of carbonyl (C=O) groups excluding carboxylic acids is 2. The smallest absolute Gasteiger partial charge is 0.266 e. The third-order valence-corrected chi connectivity index (χ3v) is 4.65. The molecule has 0 bridgehead atoms. The van der Waals surface area contributed by atoms with Crippen LogP contribution in [0.3, 0.4) is 0 Å². The van der Waals surface area contributed by atoms with E-state index in [-0.39, 0.29) is 18.1 Å². The van der Waals surface area contributed by atoms with Crippen molar-refractivity contribution in [1.82, 2.24) is 0 Å². The zero-order chi connectivity index (χ0) is 22.9. The number of hydrogen-bond acceptors (Lipinski definition) is 4. The van der Waals surface area contributed by atoms with Crippen LogP contribution in [0.1, 0.15) is 16.7 Å². The lowest BCUT2D eigenvalue weighted by molar-refractivity contribution is -0.118. The molecule has 0 aromatic heterocycles. The second kappa shape index (κ2) is 10.6. The van der Waals surface area contributed by atoms with Crippen molar-refractivity contribution in [3.05, 3.63) is 95.1 Å². The first-order chi connectivity index (χ1) is 15.4. The van der Waals surface area contributed by atoms with Gasteiger partial charge in [0.25, 0.3) is 11.8 Å². The summed E-state index contributed by atoms with van der Waals surface area (Å²) in [4.78, 5) is 24.5. The molecule has 2 amide bonds. The minimum Gasteiger partial charge on any atom is -0.484 e. The maximum atomic E-state index is 12.4. The Bertz CT molecular complexity index is 1170. The summed E-state index contributed by atoms with van der Waals surface area (Å²) in [5, 5.41) is 14.9. The van der Waals surface area contributed by atoms with Crippen molar-refractivity contribution in [2.45, 2.75) is 13.8 Å². The zero-order valence-corrected chi connectivity index (χ0v) is 17.9. The molecule has 6 heteroatoms. The number of aryl methyl sites for hydroxylation is 2. The van der Waals surface area contributed by atoms with Gasteiger partial charge in [0.05, 0.1) is 0 Å². The quantitative estimate of drug-likeness (QED) is 0.417. The number of para-hydroxylation sites is 1. The Morgan fingerprint density at radius 3 is 2.28 bits per heavy atom. The first-order valence-electron chi connectivity index (χ1n) is 10.0. The Hall–Kier alpha value is -4.37. The van der Waals surface area contributed by atoms with Crippen LogP contribution in [0.15, 0.2) is 78.4 Å². The number of nitriles is 1. The van der Waals surface area contributed by atoms with Gasteiger partial charge in [-0.15, -0.1) is 0 Å². The highest BCUT2D eigenvalue weighted by Crippen LogP contribution is 2.17. The minimum atomic E-state index is -0.482. The molecule has 3 aromatic carbocycles. The molecule has 0 aliphatic carbocycles. The Labute approximate surface area is 187 Å². The van der Waals surface area contributed by atoms with Gasteiger partial charge in [0.2, 0.25) is 0 Å². The molecule has 0 aliphatic rings. The van der Waals surface area contributed by atoms with Crippen LogP contribution in [0, 0.1) is 25.2 Å². The molecule has 0 saturated heterocycles. The molecule has 2 N–H and O–H groups in total. The van der Waals surface area contributed by atoms with E-state index in [0.29, 0.717) is 17.0 Å². The molecule has 0 spiro atoms. The van der Waals surface area contributed by atoms with Gasteiger partial charge >= 0.3 is 0 Å². The van der Waals surface area contributed by atoms with E-state index in [1.54, 1.807) is 36.4 Å². The van der Waals surface area contributed by atoms with E-state index in [2.05, 4.69) is 10.6 Å². The van der Waals surface area contributed by atoms with E-state index in [9.17, 15) is 14.9 Å². The largest absolute Gasteiger partial charge is 0.484 e. The molecule has 3 rings (SSSR count). The summed E-state index contributed by atoms with van der Waals surface area (Å²) < 4.78 is 5.53. The summed E-state index contributed by atoms with van der Waals surface area (Å²) in [6.45, 7) is 3.74. The van der Waals surface area contributed by atoms with Gasteiger partial charge in [-0.2, -0.15) is 5.26 Å². The topological polar surface area (TPSA) is 91.2 Å². The zero-order valence-electron chi connectivity index (χ0n) is 17.9. The van der Waals surface area contributed by atoms with Crippen LogP contribution in [-0.2, 0) is 9.59 Å². The molecule has 0 atom stereocenters. The van der Waals surface area contributed by atoms with E-state index >= 15 is 0 Å². The van der Waals surface area contributed by atoms with Gasteiger partial charge in [0.1, 0.15) is 17.4 Å². The van der Waals surface area contributed by atoms with Crippen molar-refractivity contribution in [2.75, 3.05) is 17.2 Å². The van der Waals surface area contributed by atoms with Crippen LogP contribution in [0.5, 0.6) is 5.75 Å². The second-order valence-corrected chi connectivity index (χ2v) is 7.21. The standard InChI is InChI=1S/C26H23N3O3/c1-18-7-11-22(12-8-18)28-26(31)21(16-27)15-20-9-13-23(14-10-20)32-17-25(30)29-24-6-4-3-5-19(24)2/h3-15H,17H2,1-2H3,(H,28,31)(H,29,30)/b21-15-. The van der Waals surface area contributed by atoms with Gasteiger partial charge in [-0.05, 0) is 61.4 Å². The van der Waals surface area contributed by atoms with E-state index in [1.165, 1.54) is 6.08 Å². The maximum Gasteiger partial charge on any atom is 0.266 e. The fourth-order valence-electron chi connectivity index (χ4n) is 2.86. The molecule has 3 aromatic rings. The summed E-state index contributed by atoms with van der Waals surface area (Å²) in [7, 11) is 0. The van der Waals surface area contributed by atoms with Crippen LogP contribution >= 0.6 is 0 Å². The molecule has 0 radical (unpaired) electrons. The summed E-state index contributed by atoms with van der Waals surface area (Å²) in [5.74, 6) is -0.239. The van der Waals surface area contributed by atoms with Crippen LogP contribution in [0.4, 0.5) is 11.4 Å². The number of ether oxygens (including phenoxy) is 1. The number of amides is 2. The van der Waals surface area contributed by atoms with Crippen molar-refractivity contribution in [3.8, 4) is 11.8 Å². The highest BCUT2D eigenvalue weighted by molar-refractivity contribution is 6.09. The van der Waals surface area contributed by atoms with Gasteiger partial charge in [0.15, 0.2) is 6.61 Å². The highest BCUT2D eigenvalue weighted by atomic mass is 16.5. The molecular formula is C26H23N3O3. The predicted octanol–water partition coefficient (Wildman–Crippen LogP) is 4.87. The lowest BCUT2D eigenvalue weighted by Crippen LogP contribution is -2.20. The second-order valence-electron chi connectivity index (χ2n) is 7.21. The number of nitrogens with zero attached hydrogens (tertiary/aromatic N) is 1. The van der Waals surface area contributed by atoms with Crippen molar-refractivity contribution in [1.29, 1.82) is 5.26 Å². The lowest BCUT2D eigenvalue weighted by Gasteiger charge is -2.09. The molecule has 32 heavy (non-hydrogen) atoms. The molecule has 0 fully saturated rings. The molecule has 6 nitrogen and oxygen atoms in total. The first kappa shape index (κ1) is 22.3. The number of anilines is 2. The summed E-state index contributed by atoms with van der Waals surface area (Å²) in [6, 6.07) is 23.5. The van der Waals surface area contributed by atoms with Crippen molar-refractivity contribution >= 4 is 29.3 Å². The van der Waals surface area contributed by atoms with Crippen molar-refractivity contribution in [3.63, 3.8) is 0 Å². The average molecular weight is 425 g/mol. The molecule has 0 heterocycles. The van der Waals surface area contributed by atoms with Gasteiger partial charge < -0.3 is 15.4 Å². The van der Waals surface area contributed by atoms with E-state index in [1.807, 2.05) is 56.3 Å². The third kappa shape index (κ3) is 6.31. The van der Waals surface area contributed by atoms with Gasteiger partial charge in [-0.3, -0.25) is 9.59 Å². The number of rotatable bonds is 7. The Morgan fingerprint density at radius 2 is 1.62 bits per heavy atom. The predicted molar refractivity (Wildman–Crippen MR) is 125 cm³/mol. The Morgan fingerprint density at radius 1 is 0.938 bits per heavy atom. The first-order valence-corrected chi connectivity index (χ1v) is 10.0. The van der Waals surface area contributed by atoms with Gasteiger partial charge in [0, 0.05) is 11.4 Å². The SMILES string of the molecule is Cc1ccc(NC(=O)/C(C#N)=C\c2ccc(OCC(=O)Nc3ccccc3C)cc2)cc1. The number of benzene rings is 3. The van der Waals surface area contributed by atoms with E-state index in [4.69, 9.17) is 4.74 Å². The average Bonchev–Trinajstić information content (AvgIpc) is 2.80. The van der Waals surface area contributed by atoms with Crippen molar-refractivity contribution in [2.24, 2.45) is 0 Å². The van der Waals surface area contributed by atoms with E-state index < -0.39 is 5.91 Å². The Kier molecular flexibility index (Phi) is 7.39. The summed E-state index contributed by atoms with van der Waals surface area (Å²) in [6.07, 6.45) is 1.50. The lowest BCUT2D eigenvalue weighted by atomic mass is 10.1. The molecular weight excluding hydrogens is 402 g/mol. The minimum absolute atomic E-state index is 0.0168. The van der Waals surface area contributed by atoms with Crippen molar-refractivity contribution < 1.29 is 14.3 Å². The van der Waals surface area contributed by atoms with Crippen LogP contribution in [0.25, 0.3) is 6.08 Å². The number of hydrogen-bond donors (Lipinski definition) is 2. The molecule has 0 saturated carbocycles. The summed E-state index contributed by atoms with van der Waals surface area (Å²) in [5.41, 5.74) is 4.06. The van der Waals surface area contributed by atoms with Crippen LogP contribution in [-0.4, -0.2) is 18.4 Å². The molecule has 0 unspecified atom stereocenters. The Balaban J connectivity index is 1.57. The number of carbonyl (C=O) groups is 2. The fraction of sp³-hybridized carbons (Fsp3) is 0.115. The van der Waals surface area contributed by atoms with Crippen LogP contribution in [0.2, 0.25) is 0 Å². The third-order valence-electron chi connectivity index (χ3n) is 4.65. The van der Waals surface area contributed by atoms with E-state index in [0.717, 1.165) is 16.8 Å². The summed E-state index contributed by atoms with van der Waals surface area (Å²) >= 11 is 0. The monoisotopic (exact) mass is 425 g/mol. The molecule has 0 aliphatic heterocycles. The molecule has 160 valence electrons. The number of nitrogens with one attached hydrogen (secondary N) is 2.